The van der Waals surface area contributed by atoms with E-state index in [1.807, 2.05) is 20.8 Å². The Kier molecular flexibility index (Phi) is 2.96. The van der Waals surface area contributed by atoms with Crippen LogP contribution in [0.2, 0.25) is 0 Å². The molecule has 5 heteroatoms. The Hall–Kier alpha value is -0.130. The van der Waals surface area contributed by atoms with E-state index in [4.69, 9.17) is 0 Å². The molecule has 1 atom stereocenters. The molecule has 4 nitrogen and oxygen atoms in total. The smallest absolute Gasteiger partial charge is 0.153 e. The predicted octanol–water partition coefficient (Wildman–Crippen LogP) is -0.0759. The standard InChI is InChI=1S/C9H19NO3S/c1-8(2,3)10-6-9(11)4-5-14(12,13)7-9/h10-11H,4-7H2,1-3H3. The third-order valence-electron chi connectivity index (χ3n) is 2.31. The van der Waals surface area contributed by atoms with E-state index in [0.717, 1.165) is 0 Å². The number of aliphatic hydroxyl groups is 1. The van der Waals surface area contributed by atoms with E-state index >= 15 is 0 Å². The van der Waals surface area contributed by atoms with Gasteiger partial charge in [-0.05, 0) is 27.2 Å². The van der Waals surface area contributed by atoms with Gasteiger partial charge in [-0.1, -0.05) is 0 Å². The van der Waals surface area contributed by atoms with Crippen molar-refractivity contribution in [2.75, 3.05) is 18.1 Å². The highest BCUT2D eigenvalue weighted by atomic mass is 32.2. The summed E-state index contributed by atoms with van der Waals surface area (Å²) in [6, 6.07) is 0. The number of hydrogen-bond acceptors (Lipinski definition) is 4. The lowest BCUT2D eigenvalue weighted by atomic mass is 10.0. The Labute approximate surface area is 85.6 Å². The molecular weight excluding hydrogens is 202 g/mol. The fourth-order valence-corrected chi connectivity index (χ4v) is 3.37. The first-order valence-electron chi connectivity index (χ1n) is 4.80. The summed E-state index contributed by atoms with van der Waals surface area (Å²) in [5, 5.41) is 13.1. The molecule has 0 amide bonds. The number of nitrogens with one attached hydrogen (secondary N) is 1. The Balaban J connectivity index is 2.54. The van der Waals surface area contributed by atoms with Crippen LogP contribution in [-0.2, 0) is 9.84 Å². The molecule has 0 aliphatic carbocycles. The second-order valence-electron chi connectivity index (χ2n) is 5.17. The monoisotopic (exact) mass is 221 g/mol. The lowest BCUT2D eigenvalue weighted by Gasteiger charge is -2.28. The maximum atomic E-state index is 11.2. The first-order valence-corrected chi connectivity index (χ1v) is 6.62. The Morgan fingerprint density at radius 1 is 1.43 bits per heavy atom. The molecule has 2 N–H and O–H groups in total. The zero-order valence-corrected chi connectivity index (χ0v) is 9.82. The average Bonchev–Trinajstić information content (AvgIpc) is 2.22. The minimum atomic E-state index is -3.01. The van der Waals surface area contributed by atoms with Gasteiger partial charge in [0, 0.05) is 12.1 Å². The molecular formula is C9H19NO3S. The van der Waals surface area contributed by atoms with Crippen LogP contribution < -0.4 is 5.32 Å². The number of sulfone groups is 1. The highest BCUT2D eigenvalue weighted by molar-refractivity contribution is 7.91. The molecule has 0 aromatic carbocycles. The normalized spacial score (nSPS) is 32.0. The first-order chi connectivity index (χ1) is 6.12. The second kappa shape index (κ2) is 3.47. The topological polar surface area (TPSA) is 66.4 Å². The molecule has 0 aromatic rings. The summed E-state index contributed by atoms with van der Waals surface area (Å²) in [6.45, 7) is 6.30. The molecule has 0 radical (unpaired) electrons. The van der Waals surface area contributed by atoms with E-state index < -0.39 is 15.4 Å². The van der Waals surface area contributed by atoms with E-state index in [1.54, 1.807) is 0 Å². The van der Waals surface area contributed by atoms with Crippen LogP contribution in [-0.4, -0.2) is 42.7 Å². The van der Waals surface area contributed by atoms with E-state index in [0.29, 0.717) is 13.0 Å². The molecule has 0 aromatic heterocycles. The number of β-amino-alcohol motifs (C(OH)–C–C–N with tert-alkyl or cyclic N) is 1. The van der Waals surface area contributed by atoms with Gasteiger partial charge < -0.3 is 10.4 Å². The minimum absolute atomic E-state index is 0.0952. The van der Waals surface area contributed by atoms with Crippen molar-refractivity contribution in [3.63, 3.8) is 0 Å². The molecule has 1 unspecified atom stereocenters. The van der Waals surface area contributed by atoms with Crippen LogP contribution in [0.3, 0.4) is 0 Å². The van der Waals surface area contributed by atoms with Crippen molar-refractivity contribution in [3.8, 4) is 0 Å². The highest BCUT2D eigenvalue weighted by Gasteiger charge is 2.40. The molecule has 1 saturated heterocycles. The fraction of sp³-hybridized carbons (Fsp3) is 1.00. The van der Waals surface area contributed by atoms with Crippen molar-refractivity contribution in [2.24, 2.45) is 0 Å². The van der Waals surface area contributed by atoms with Crippen molar-refractivity contribution >= 4 is 9.84 Å². The zero-order chi connectivity index (χ0) is 11.0. The number of rotatable bonds is 2. The van der Waals surface area contributed by atoms with Crippen LogP contribution >= 0.6 is 0 Å². The Morgan fingerprint density at radius 2 is 2.00 bits per heavy atom. The van der Waals surface area contributed by atoms with Gasteiger partial charge in [-0.15, -0.1) is 0 Å². The van der Waals surface area contributed by atoms with Crippen LogP contribution in [0.1, 0.15) is 27.2 Å². The predicted molar refractivity (Wildman–Crippen MR) is 56.0 cm³/mol. The van der Waals surface area contributed by atoms with Gasteiger partial charge in [0.25, 0.3) is 0 Å². The number of hydrogen-bond donors (Lipinski definition) is 2. The van der Waals surface area contributed by atoms with Crippen LogP contribution in [0.5, 0.6) is 0 Å². The van der Waals surface area contributed by atoms with Crippen molar-refractivity contribution in [3.05, 3.63) is 0 Å². The maximum Gasteiger partial charge on any atom is 0.153 e. The summed E-state index contributed by atoms with van der Waals surface area (Å²) in [6.07, 6.45) is 0.346. The molecule has 14 heavy (non-hydrogen) atoms. The van der Waals surface area contributed by atoms with E-state index in [9.17, 15) is 13.5 Å². The van der Waals surface area contributed by atoms with E-state index in [2.05, 4.69) is 5.32 Å². The molecule has 1 fully saturated rings. The van der Waals surface area contributed by atoms with Crippen molar-refractivity contribution in [1.29, 1.82) is 0 Å². The van der Waals surface area contributed by atoms with E-state index in [-0.39, 0.29) is 17.0 Å². The quantitative estimate of drug-likeness (QED) is 0.685. The molecule has 1 heterocycles. The van der Waals surface area contributed by atoms with Gasteiger partial charge in [-0.25, -0.2) is 8.42 Å². The van der Waals surface area contributed by atoms with Crippen molar-refractivity contribution in [1.82, 2.24) is 5.32 Å². The molecule has 1 aliphatic heterocycles. The zero-order valence-electron chi connectivity index (χ0n) is 9.00. The lowest BCUT2D eigenvalue weighted by Crippen LogP contribution is -2.48. The van der Waals surface area contributed by atoms with Gasteiger partial charge in [0.1, 0.15) is 0 Å². The molecule has 1 aliphatic rings. The molecule has 0 saturated carbocycles. The van der Waals surface area contributed by atoms with Gasteiger partial charge in [-0.2, -0.15) is 0 Å². The second-order valence-corrected chi connectivity index (χ2v) is 7.35. The van der Waals surface area contributed by atoms with Gasteiger partial charge in [0.2, 0.25) is 0 Å². The van der Waals surface area contributed by atoms with Crippen LogP contribution in [0.15, 0.2) is 0 Å². The van der Waals surface area contributed by atoms with Gasteiger partial charge in [0.15, 0.2) is 9.84 Å². The average molecular weight is 221 g/mol. The third kappa shape index (κ3) is 3.55. The Bertz CT molecular complexity index is 305. The molecule has 1 rings (SSSR count). The molecule has 0 spiro atoms. The van der Waals surface area contributed by atoms with Crippen molar-refractivity contribution < 1.29 is 13.5 Å². The van der Waals surface area contributed by atoms with Crippen LogP contribution in [0.25, 0.3) is 0 Å². The third-order valence-corrected chi connectivity index (χ3v) is 4.12. The summed E-state index contributed by atoms with van der Waals surface area (Å²) in [5.74, 6) is -0.00158. The minimum Gasteiger partial charge on any atom is -0.387 e. The summed E-state index contributed by atoms with van der Waals surface area (Å²) >= 11 is 0. The summed E-state index contributed by atoms with van der Waals surface area (Å²) in [5.41, 5.74) is -1.16. The van der Waals surface area contributed by atoms with Gasteiger partial charge in [0.05, 0.1) is 17.1 Å². The summed E-state index contributed by atoms with van der Waals surface area (Å²) in [4.78, 5) is 0. The van der Waals surface area contributed by atoms with Crippen LogP contribution in [0.4, 0.5) is 0 Å². The SMILES string of the molecule is CC(C)(C)NCC1(O)CCS(=O)(=O)C1. The first kappa shape index (κ1) is 11.9. The molecule has 0 bridgehead atoms. The van der Waals surface area contributed by atoms with E-state index in [1.165, 1.54) is 0 Å². The lowest BCUT2D eigenvalue weighted by molar-refractivity contribution is 0.0604. The fourth-order valence-electron chi connectivity index (χ4n) is 1.47. The maximum absolute atomic E-state index is 11.2. The highest BCUT2D eigenvalue weighted by Crippen LogP contribution is 2.23. The largest absolute Gasteiger partial charge is 0.387 e. The summed E-state index contributed by atoms with van der Waals surface area (Å²) in [7, 11) is -3.01. The van der Waals surface area contributed by atoms with Crippen molar-refractivity contribution in [2.45, 2.75) is 38.3 Å². The summed E-state index contributed by atoms with van der Waals surface area (Å²) < 4.78 is 22.4. The molecule has 84 valence electrons. The van der Waals surface area contributed by atoms with Gasteiger partial charge >= 0.3 is 0 Å². The Morgan fingerprint density at radius 3 is 2.36 bits per heavy atom. The van der Waals surface area contributed by atoms with Crippen LogP contribution in [0, 0.1) is 0 Å². The van der Waals surface area contributed by atoms with Gasteiger partial charge in [-0.3, -0.25) is 0 Å².